The van der Waals surface area contributed by atoms with Crippen molar-refractivity contribution in [3.05, 3.63) is 51.6 Å². The van der Waals surface area contributed by atoms with Gasteiger partial charge in [-0.15, -0.1) is 0 Å². The zero-order valence-electron chi connectivity index (χ0n) is 14.3. The van der Waals surface area contributed by atoms with Crippen LogP contribution in [0.2, 0.25) is 5.02 Å². The Labute approximate surface area is 151 Å². The third-order valence-electron chi connectivity index (χ3n) is 4.25. The van der Waals surface area contributed by atoms with Gasteiger partial charge in [-0.2, -0.15) is 5.10 Å². The van der Waals surface area contributed by atoms with Gasteiger partial charge >= 0.3 is 0 Å². The van der Waals surface area contributed by atoms with Gasteiger partial charge in [0.2, 0.25) is 0 Å². The molecule has 7 heteroatoms. The molecule has 25 heavy (non-hydrogen) atoms. The highest BCUT2D eigenvalue weighted by atomic mass is 35.5. The Hall–Kier alpha value is -1.92. The van der Waals surface area contributed by atoms with Crippen LogP contribution in [0.25, 0.3) is 0 Å². The monoisotopic (exact) mass is 365 g/mol. The Balaban J connectivity index is 1.66. The van der Waals surface area contributed by atoms with Gasteiger partial charge in [-0.05, 0) is 32.0 Å². The number of halogens is 2. The van der Waals surface area contributed by atoms with Crippen LogP contribution in [0.15, 0.2) is 18.2 Å². The molecule has 0 saturated heterocycles. The number of nitrogens with one attached hydrogen (secondary N) is 1. The van der Waals surface area contributed by atoms with Crippen molar-refractivity contribution in [1.82, 2.24) is 15.1 Å². The molecule has 0 atom stereocenters. The first kappa shape index (κ1) is 17.9. The maximum atomic E-state index is 13.2. The number of nitrogens with zero attached hydrogens (tertiary/aromatic N) is 2. The second kappa shape index (κ2) is 7.54. The summed E-state index contributed by atoms with van der Waals surface area (Å²) < 4.78 is 20.8. The zero-order valence-corrected chi connectivity index (χ0v) is 15.1. The second-order valence-electron chi connectivity index (χ2n) is 6.35. The summed E-state index contributed by atoms with van der Waals surface area (Å²) in [5, 5.41) is 7.47. The number of amides is 1. The van der Waals surface area contributed by atoms with Gasteiger partial charge < -0.3 is 10.1 Å². The van der Waals surface area contributed by atoms with Gasteiger partial charge in [0.05, 0.1) is 23.9 Å². The van der Waals surface area contributed by atoms with Crippen molar-refractivity contribution in [3.63, 3.8) is 0 Å². The number of ether oxygens (including phenoxy) is 1. The number of carbonyl (C=O) groups is 1. The van der Waals surface area contributed by atoms with Gasteiger partial charge in [0.15, 0.2) is 0 Å². The Morgan fingerprint density at radius 1 is 1.48 bits per heavy atom. The molecule has 2 aromatic rings. The molecule has 1 aromatic heterocycles. The number of carbonyl (C=O) groups excluding carboxylic acids is 1. The van der Waals surface area contributed by atoms with Crippen LogP contribution in [-0.4, -0.2) is 28.8 Å². The van der Waals surface area contributed by atoms with Crippen LogP contribution in [0.1, 0.15) is 47.2 Å². The number of benzene rings is 1. The molecule has 1 aromatic carbocycles. The van der Waals surface area contributed by atoms with E-state index in [1.165, 1.54) is 23.9 Å². The highest BCUT2D eigenvalue weighted by Gasteiger charge is 2.22. The van der Waals surface area contributed by atoms with E-state index in [0.29, 0.717) is 31.7 Å². The lowest BCUT2D eigenvalue weighted by Gasteiger charge is -2.16. The fourth-order valence-corrected chi connectivity index (χ4v) is 3.17. The summed E-state index contributed by atoms with van der Waals surface area (Å²) in [6.07, 6.45) is 1.48. The van der Waals surface area contributed by atoms with Gasteiger partial charge in [-0.1, -0.05) is 11.6 Å². The van der Waals surface area contributed by atoms with Crippen molar-refractivity contribution in [2.24, 2.45) is 0 Å². The number of fused-ring (bicyclic) bond motifs is 1. The van der Waals surface area contributed by atoms with Crippen molar-refractivity contribution in [2.45, 2.75) is 39.3 Å². The molecule has 0 spiro atoms. The summed E-state index contributed by atoms with van der Waals surface area (Å²) in [4.78, 5) is 12.2. The molecule has 0 unspecified atom stereocenters. The Morgan fingerprint density at radius 2 is 2.28 bits per heavy atom. The van der Waals surface area contributed by atoms with E-state index in [4.69, 9.17) is 21.4 Å². The maximum Gasteiger partial charge on any atom is 0.251 e. The smallest absolute Gasteiger partial charge is 0.251 e. The van der Waals surface area contributed by atoms with E-state index in [0.717, 1.165) is 17.7 Å². The Kier molecular flexibility index (Phi) is 5.39. The average Bonchev–Trinajstić information content (AvgIpc) is 2.96. The van der Waals surface area contributed by atoms with Crippen LogP contribution in [0.5, 0.6) is 0 Å². The number of hydrogen-bond donors (Lipinski definition) is 1. The van der Waals surface area contributed by atoms with Crippen LogP contribution in [0, 0.1) is 5.82 Å². The van der Waals surface area contributed by atoms with Crippen molar-refractivity contribution in [2.75, 3.05) is 13.2 Å². The van der Waals surface area contributed by atoms with Crippen molar-refractivity contribution in [1.29, 1.82) is 0 Å². The number of hydrogen-bond acceptors (Lipinski definition) is 3. The molecule has 0 saturated carbocycles. The molecule has 0 fully saturated rings. The minimum atomic E-state index is -0.538. The highest BCUT2D eigenvalue weighted by Crippen LogP contribution is 2.24. The minimum Gasteiger partial charge on any atom is -0.376 e. The van der Waals surface area contributed by atoms with Gasteiger partial charge in [-0.3, -0.25) is 9.48 Å². The molecular formula is C18H21ClFN3O2. The first-order valence-electron chi connectivity index (χ1n) is 8.37. The summed E-state index contributed by atoms with van der Waals surface area (Å²) in [6.45, 7) is 5.93. The highest BCUT2D eigenvalue weighted by molar-refractivity contribution is 6.31. The molecule has 1 N–H and O–H groups in total. The lowest BCUT2D eigenvalue weighted by Crippen LogP contribution is -2.26. The van der Waals surface area contributed by atoms with E-state index in [1.807, 2.05) is 0 Å². The molecule has 0 radical (unpaired) electrons. The van der Waals surface area contributed by atoms with Gasteiger partial charge in [0, 0.05) is 42.2 Å². The van der Waals surface area contributed by atoms with Crippen LogP contribution in [0.4, 0.5) is 4.39 Å². The molecular weight excluding hydrogens is 345 g/mol. The summed E-state index contributed by atoms with van der Waals surface area (Å²) in [6, 6.07) is 4.22. The van der Waals surface area contributed by atoms with Crippen molar-refractivity contribution >= 4 is 17.5 Å². The number of rotatable bonds is 5. The molecule has 2 heterocycles. The maximum absolute atomic E-state index is 13.2. The Bertz CT molecular complexity index is 789. The predicted molar refractivity (Wildman–Crippen MR) is 93.4 cm³/mol. The van der Waals surface area contributed by atoms with E-state index < -0.39 is 5.82 Å². The average molecular weight is 366 g/mol. The summed E-state index contributed by atoms with van der Waals surface area (Å²) >= 11 is 5.72. The van der Waals surface area contributed by atoms with E-state index in [9.17, 15) is 9.18 Å². The van der Waals surface area contributed by atoms with E-state index >= 15 is 0 Å². The summed E-state index contributed by atoms with van der Waals surface area (Å²) in [5.41, 5.74) is 3.66. The normalized spacial score (nSPS) is 13.8. The minimum absolute atomic E-state index is 0.0606. The first-order chi connectivity index (χ1) is 12.0. The van der Waals surface area contributed by atoms with Gasteiger partial charge in [0.1, 0.15) is 5.82 Å². The molecule has 1 amide bonds. The van der Waals surface area contributed by atoms with Gasteiger partial charge in [0.25, 0.3) is 5.91 Å². The molecule has 5 nitrogen and oxygen atoms in total. The quantitative estimate of drug-likeness (QED) is 0.884. The molecule has 0 bridgehead atoms. The molecule has 134 valence electrons. The third kappa shape index (κ3) is 3.85. The van der Waals surface area contributed by atoms with Crippen LogP contribution >= 0.6 is 11.6 Å². The molecule has 1 aliphatic rings. The molecule has 0 aliphatic carbocycles. The Morgan fingerprint density at radius 3 is 3.00 bits per heavy atom. The third-order valence-corrected chi connectivity index (χ3v) is 4.54. The lowest BCUT2D eigenvalue weighted by atomic mass is 10.1. The zero-order chi connectivity index (χ0) is 18.0. The molecule has 1 aliphatic heterocycles. The second-order valence-corrected chi connectivity index (χ2v) is 6.75. The first-order valence-corrected chi connectivity index (χ1v) is 8.75. The lowest BCUT2D eigenvalue weighted by molar-refractivity contribution is 0.0953. The molecule has 3 rings (SSSR count). The standard InChI is InChI=1S/C18H21ClFN3O2/c1-11(2)23-17-6-8-25-10-13(17)16(22-23)5-7-21-18(24)12-3-4-15(20)14(19)9-12/h3-4,9,11H,5-8,10H2,1-2H3,(H,21,24). The fourth-order valence-electron chi connectivity index (χ4n) is 2.99. The topological polar surface area (TPSA) is 56.2 Å². The van der Waals surface area contributed by atoms with Crippen LogP contribution < -0.4 is 5.32 Å². The summed E-state index contributed by atoms with van der Waals surface area (Å²) in [5.74, 6) is -0.820. The predicted octanol–water partition coefficient (Wildman–Crippen LogP) is 3.30. The van der Waals surface area contributed by atoms with Gasteiger partial charge in [-0.25, -0.2) is 4.39 Å². The fraction of sp³-hybridized carbons (Fsp3) is 0.444. The number of aromatic nitrogens is 2. The largest absolute Gasteiger partial charge is 0.376 e. The van der Waals surface area contributed by atoms with Crippen LogP contribution in [0.3, 0.4) is 0 Å². The van der Waals surface area contributed by atoms with E-state index in [-0.39, 0.29) is 17.0 Å². The SMILES string of the molecule is CC(C)n1nc(CCNC(=O)c2ccc(F)c(Cl)c2)c2c1CCOC2. The van der Waals surface area contributed by atoms with Crippen LogP contribution in [-0.2, 0) is 24.2 Å². The summed E-state index contributed by atoms with van der Waals surface area (Å²) in [7, 11) is 0. The van der Waals surface area contributed by atoms with Crippen molar-refractivity contribution < 1.29 is 13.9 Å². The van der Waals surface area contributed by atoms with E-state index in [2.05, 4.69) is 23.8 Å². The van der Waals surface area contributed by atoms with Crippen molar-refractivity contribution in [3.8, 4) is 0 Å². The van der Waals surface area contributed by atoms with E-state index in [1.54, 1.807) is 0 Å².